The van der Waals surface area contributed by atoms with Crippen molar-refractivity contribution in [3.8, 4) is 17.1 Å². The van der Waals surface area contributed by atoms with E-state index in [0.717, 1.165) is 7.11 Å². The summed E-state index contributed by atoms with van der Waals surface area (Å²) in [6, 6.07) is 0. The summed E-state index contributed by atoms with van der Waals surface area (Å²) in [5.41, 5.74) is -2.28. The molecule has 11 heteroatoms. The molecule has 0 aliphatic heterocycles. The molecule has 0 aliphatic rings. The van der Waals surface area contributed by atoms with Crippen molar-refractivity contribution >= 4 is 35.1 Å². The highest BCUT2D eigenvalue weighted by Crippen LogP contribution is 2.31. The number of carbonyl (C=O) groups excluding carboxylic acids is 3. The van der Waals surface area contributed by atoms with Crippen LogP contribution in [-0.4, -0.2) is 40.7 Å². The summed E-state index contributed by atoms with van der Waals surface area (Å²) >= 11 is 1.23. The molecule has 0 saturated heterocycles. The molecule has 10 nitrogen and oxygen atoms in total. The van der Waals surface area contributed by atoms with E-state index in [9.17, 15) is 19.2 Å². The van der Waals surface area contributed by atoms with E-state index in [4.69, 9.17) is 9.47 Å². The van der Waals surface area contributed by atoms with Crippen LogP contribution in [0.25, 0.3) is 11.4 Å². The summed E-state index contributed by atoms with van der Waals surface area (Å²) in [6.45, 7) is 9.97. The van der Waals surface area contributed by atoms with Gasteiger partial charge in [-0.05, 0) is 41.5 Å². The fourth-order valence-corrected chi connectivity index (χ4v) is 2.92. The highest BCUT2D eigenvalue weighted by atomic mass is 32.1. The smallest absolute Gasteiger partial charge is 0.412 e. The van der Waals surface area contributed by atoms with Crippen LogP contribution in [0.1, 0.15) is 52.0 Å². The Hall–Kier alpha value is -3.21. The lowest BCUT2D eigenvalue weighted by molar-refractivity contribution is -0.143. The maximum atomic E-state index is 12.7. The van der Waals surface area contributed by atoms with Crippen LogP contribution >= 0.6 is 11.3 Å². The van der Waals surface area contributed by atoms with Crippen molar-refractivity contribution in [3.63, 3.8) is 0 Å². The van der Waals surface area contributed by atoms with Crippen LogP contribution in [-0.2, 0) is 14.3 Å². The van der Waals surface area contributed by atoms with Gasteiger partial charge in [0.15, 0.2) is 5.69 Å². The van der Waals surface area contributed by atoms with E-state index in [1.54, 1.807) is 52.3 Å². The van der Waals surface area contributed by atoms with E-state index >= 15 is 0 Å². The van der Waals surface area contributed by atoms with Crippen molar-refractivity contribution in [2.24, 2.45) is 5.41 Å². The second-order valence-electron chi connectivity index (χ2n) is 8.55. The maximum absolute atomic E-state index is 12.7. The molecule has 1 amide bonds. The summed E-state index contributed by atoms with van der Waals surface area (Å²) in [7, 11) is 1.11. The molecule has 2 aromatic heterocycles. The van der Waals surface area contributed by atoms with Gasteiger partial charge in [-0.2, -0.15) is 0 Å². The van der Waals surface area contributed by atoms with Crippen molar-refractivity contribution in [2.45, 2.75) is 47.1 Å². The van der Waals surface area contributed by atoms with Gasteiger partial charge in [-0.3, -0.25) is 14.9 Å². The molecular weight excluding hydrogens is 426 g/mol. The van der Waals surface area contributed by atoms with Gasteiger partial charge in [0, 0.05) is 10.8 Å². The minimum Gasteiger partial charge on any atom is -0.464 e. The average molecular weight is 452 g/mol. The number of esters is 2. The number of nitrogens with zero attached hydrogens (tertiary/aromatic N) is 1. The Bertz CT molecular complexity index is 1060. The third-order valence-electron chi connectivity index (χ3n) is 3.62. The Morgan fingerprint density at radius 2 is 1.74 bits per heavy atom. The normalized spacial score (nSPS) is 11.6. The van der Waals surface area contributed by atoms with Crippen LogP contribution < -0.4 is 15.6 Å². The first-order valence-electron chi connectivity index (χ1n) is 9.24. The molecule has 31 heavy (non-hydrogen) atoms. The van der Waals surface area contributed by atoms with E-state index in [0.29, 0.717) is 11.3 Å². The molecule has 0 bridgehead atoms. The molecule has 0 radical (unpaired) electrons. The zero-order chi connectivity index (χ0) is 23.6. The highest BCUT2D eigenvalue weighted by Gasteiger charge is 2.29. The van der Waals surface area contributed by atoms with Gasteiger partial charge in [0.1, 0.15) is 11.4 Å². The van der Waals surface area contributed by atoms with E-state index in [-0.39, 0.29) is 5.82 Å². The van der Waals surface area contributed by atoms with Crippen molar-refractivity contribution in [1.82, 2.24) is 9.97 Å². The van der Waals surface area contributed by atoms with Crippen molar-refractivity contribution in [2.75, 3.05) is 12.4 Å². The molecule has 2 aromatic rings. The van der Waals surface area contributed by atoms with Gasteiger partial charge in [-0.25, -0.2) is 14.6 Å². The van der Waals surface area contributed by atoms with Gasteiger partial charge in [0.2, 0.25) is 5.75 Å². The number of methoxy groups -OCH3 is 1. The molecule has 168 valence electrons. The topological polar surface area (TPSA) is 137 Å². The predicted molar refractivity (Wildman–Crippen MR) is 114 cm³/mol. The number of aromatic amines is 1. The number of H-pyrrole nitrogens is 1. The van der Waals surface area contributed by atoms with Gasteiger partial charge < -0.3 is 19.2 Å². The monoisotopic (exact) mass is 451 g/mol. The number of amides is 1. The van der Waals surface area contributed by atoms with Crippen molar-refractivity contribution < 1.29 is 28.6 Å². The second-order valence-corrected chi connectivity index (χ2v) is 9.29. The fourth-order valence-electron chi connectivity index (χ4n) is 2.16. The second kappa shape index (κ2) is 8.88. The Kier molecular flexibility index (Phi) is 6.89. The maximum Gasteiger partial charge on any atom is 0.412 e. The van der Waals surface area contributed by atoms with Crippen LogP contribution in [0.3, 0.4) is 0 Å². The Morgan fingerprint density at radius 1 is 1.10 bits per heavy atom. The number of anilines is 1. The molecule has 0 aliphatic carbocycles. The minimum absolute atomic E-state index is 0.0201. The molecule has 0 atom stereocenters. The third kappa shape index (κ3) is 6.14. The van der Waals surface area contributed by atoms with Crippen LogP contribution in [0.5, 0.6) is 5.75 Å². The zero-order valence-electron chi connectivity index (χ0n) is 18.4. The molecule has 0 unspecified atom stereocenters. The lowest BCUT2D eigenvalue weighted by Crippen LogP contribution is -2.30. The molecule has 2 rings (SSSR count). The van der Waals surface area contributed by atoms with Gasteiger partial charge in [-0.1, -0.05) is 0 Å². The van der Waals surface area contributed by atoms with E-state index in [1.807, 2.05) is 0 Å². The van der Waals surface area contributed by atoms with Crippen molar-refractivity contribution in [1.29, 1.82) is 0 Å². The molecule has 0 spiro atoms. The first kappa shape index (κ1) is 24.1. The van der Waals surface area contributed by atoms with Gasteiger partial charge in [-0.15, -0.1) is 11.3 Å². The quantitative estimate of drug-likeness (QED) is 0.673. The number of ether oxygens (including phenoxy) is 3. The summed E-state index contributed by atoms with van der Waals surface area (Å²) in [6.07, 6.45) is -0.696. The third-order valence-corrected chi connectivity index (χ3v) is 4.36. The summed E-state index contributed by atoms with van der Waals surface area (Å²) < 4.78 is 15.1. The van der Waals surface area contributed by atoms with Crippen LogP contribution in [0.4, 0.5) is 10.5 Å². The van der Waals surface area contributed by atoms with Gasteiger partial charge >= 0.3 is 18.0 Å². The van der Waals surface area contributed by atoms with Crippen LogP contribution in [0.2, 0.25) is 0 Å². The number of hydrogen-bond donors (Lipinski definition) is 2. The Morgan fingerprint density at radius 3 is 2.29 bits per heavy atom. The molecule has 0 aromatic carbocycles. The van der Waals surface area contributed by atoms with Gasteiger partial charge in [0.25, 0.3) is 5.56 Å². The van der Waals surface area contributed by atoms with E-state index in [1.165, 1.54) is 11.3 Å². The molecule has 0 fully saturated rings. The zero-order valence-corrected chi connectivity index (χ0v) is 19.2. The average Bonchev–Trinajstić information content (AvgIpc) is 3.07. The number of rotatable bonds is 4. The minimum atomic E-state index is -0.957. The standard InChI is InChI=1S/C20H25N3O7S/c1-19(2,3)17(26)29-13-12(16(25)28-7)22-14(23-15(13)24)10-8-31-9-11(10)21-18(27)30-20(4,5)6/h8-9H,1-7H3,(H,21,27)(H,22,23,24). The summed E-state index contributed by atoms with van der Waals surface area (Å²) in [4.78, 5) is 55.9. The van der Waals surface area contributed by atoms with E-state index < -0.39 is 46.1 Å². The lowest BCUT2D eigenvalue weighted by atomic mass is 9.97. The van der Waals surface area contributed by atoms with Crippen LogP contribution in [0, 0.1) is 5.41 Å². The fraction of sp³-hybridized carbons (Fsp3) is 0.450. The number of nitrogens with one attached hydrogen (secondary N) is 2. The first-order chi connectivity index (χ1) is 14.2. The molecule has 2 heterocycles. The molecule has 0 saturated carbocycles. The van der Waals surface area contributed by atoms with Crippen LogP contribution in [0.15, 0.2) is 15.6 Å². The summed E-state index contributed by atoms with van der Waals surface area (Å²) in [5.74, 6) is -2.26. The number of carbonyl (C=O) groups is 3. The SMILES string of the molecule is COC(=O)c1nc(-c2cscc2NC(=O)OC(C)(C)C)[nH]c(=O)c1OC(=O)C(C)(C)C. The lowest BCUT2D eigenvalue weighted by Gasteiger charge is -2.19. The van der Waals surface area contributed by atoms with E-state index in [2.05, 4.69) is 20.0 Å². The predicted octanol–water partition coefficient (Wildman–Crippen LogP) is 3.58. The Balaban J connectivity index is 2.49. The van der Waals surface area contributed by atoms with Crippen molar-refractivity contribution in [3.05, 3.63) is 26.8 Å². The number of aromatic nitrogens is 2. The molecular formula is C20H25N3O7S. The van der Waals surface area contributed by atoms with Gasteiger partial charge in [0.05, 0.1) is 23.8 Å². The Labute approximate surface area is 182 Å². The number of hydrogen-bond acceptors (Lipinski definition) is 9. The summed E-state index contributed by atoms with van der Waals surface area (Å²) in [5, 5.41) is 5.81. The first-order valence-corrected chi connectivity index (χ1v) is 10.2. The highest BCUT2D eigenvalue weighted by molar-refractivity contribution is 7.08. The number of thiophene rings is 1. The molecule has 2 N–H and O–H groups in total. The largest absolute Gasteiger partial charge is 0.464 e.